The summed E-state index contributed by atoms with van der Waals surface area (Å²) in [5.74, 6) is 0. The van der Waals surface area contributed by atoms with E-state index in [1.807, 2.05) is 12.1 Å². The molecule has 0 atom stereocenters. The van der Waals surface area contributed by atoms with Gasteiger partial charge in [0.25, 0.3) is 0 Å². The van der Waals surface area contributed by atoms with E-state index in [4.69, 9.17) is 23.2 Å². The van der Waals surface area contributed by atoms with Gasteiger partial charge in [-0.3, -0.25) is 0 Å². The average Bonchev–Trinajstić information content (AvgIpc) is 3.21. The van der Waals surface area contributed by atoms with Crippen LogP contribution in [0.5, 0.6) is 0 Å². The average molecular weight is 710 g/mol. The molecular weight excluding hydrogens is 669 g/mol. The van der Waals surface area contributed by atoms with Crippen LogP contribution in [0.2, 0.25) is 10.0 Å². The molecule has 46 heavy (non-hydrogen) atoms. The van der Waals surface area contributed by atoms with Crippen LogP contribution in [0.1, 0.15) is 50.7 Å². The van der Waals surface area contributed by atoms with Crippen molar-refractivity contribution in [2.75, 3.05) is 13.1 Å². The van der Waals surface area contributed by atoms with Gasteiger partial charge in [-0.2, -0.15) is 0 Å². The normalized spacial score (nSPS) is 13.6. The maximum Gasteiger partial charge on any atom is 0.106 e. The molecule has 0 amide bonds. The highest BCUT2D eigenvalue weighted by Crippen LogP contribution is 2.50. The van der Waals surface area contributed by atoms with E-state index < -0.39 is 0 Å². The maximum atomic E-state index is 6.67. The lowest BCUT2D eigenvalue weighted by Gasteiger charge is -2.39. The quantitative estimate of drug-likeness (QED) is 0.138. The fourth-order valence-corrected chi connectivity index (χ4v) is 8.03. The summed E-state index contributed by atoms with van der Waals surface area (Å²) in [5, 5.41) is 6.70. The molecule has 6 aromatic rings. The third-order valence-corrected chi connectivity index (χ3v) is 10.3. The summed E-state index contributed by atoms with van der Waals surface area (Å²) in [5.41, 5.74) is 10.6. The first-order chi connectivity index (χ1) is 22.0. The summed E-state index contributed by atoms with van der Waals surface area (Å²) in [4.78, 5) is 0. The fraction of sp³-hybridized carbons (Fsp3) is 0.238. The summed E-state index contributed by atoms with van der Waals surface area (Å²) in [6.45, 7) is 8.93. The van der Waals surface area contributed by atoms with Crippen molar-refractivity contribution in [3.63, 3.8) is 0 Å². The minimum atomic E-state index is 0. The minimum Gasteiger partial charge on any atom is -1.00 e. The molecule has 1 heterocycles. The van der Waals surface area contributed by atoms with E-state index in [1.165, 1.54) is 91.7 Å². The molecule has 1 aliphatic rings. The van der Waals surface area contributed by atoms with Crippen LogP contribution in [0, 0.1) is 0 Å². The van der Waals surface area contributed by atoms with Gasteiger partial charge in [-0.1, -0.05) is 123 Å². The molecule has 0 spiro atoms. The van der Waals surface area contributed by atoms with Crippen molar-refractivity contribution in [3.05, 3.63) is 130 Å². The van der Waals surface area contributed by atoms with Crippen molar-refractivity contribution in [3.8, 4) is 33.4 Å². The van der Waals surface area contributed by atoms with Gasteiger partial charge in [0.05, 0.1) is 13.1 Å². The Bertz CT molecular complexity index is 1880. The van der Waals surface area contributed by atoms with Crippen molar-refractivity contribution < 1.29 is 21.5 Å². The van der Waals surface area contributed by atoms with E-state index >= 15 is 0 Å². The Morgan fingerprint density at radius 1 is 0.543 bits per heavy atom. The molecule has 0 saturated heterocycles. The number of fused-ring (bicyclic) bond motifs is 7. The van der Waals surface area contributed by atoms with Crippen molar-refractivity contribution >= 4 is 44.7 Å². The van der Waals surface area contributed by atoms with E-state index in [0.29, 0.717) is 0 Å². The summed E-state index contributed by atoms with van der Waals surface area (Å²) in [6.07, 6.45) is 4.77. The van der Waals surface area contributed by atoms with Crippen LogP contribution in [0.4, 0.5) is 0 Å². The van der Waals surface area contributed by atoms with Gasteiger partial charge in [-0.15, -0.1) is 0 Å². The number of quaternary nitrogens is 1. The Balaban J connectivity index is 0.00000372. The predicted molar refractivity (Wildman–Crippen MR) is 195 cm³/mol. The van der Waals surface area contributed by atoms with Gasteiger partial charge in [0.2, 0.25) is 0 Å². The maximum absolute atomic E-state index is 6.67. The number of halogens is 3. The minimum absolute atomic E-state index is 0. The van der Waals surface area contributed by atoms with Crippen LogP contribution in [0.25, 0.3) is 54.9 Å². The van der Waals surface area contributed by atoms with Crippen LogP contribution in [0.3, 0.4) is 0 Å². The van der Waals surface area contributed by atoms with Gasteiger partial charge in [-0.25, -0.2) is 0 Å². The Morgan fingerprint density at radius 3 is 1.39 bits per heavy atom. The number of hydrogen-bond acceptors (Lipinski definition) is 0. The second kappa shape index (κ2) is 13.9. The number of benzene rings is 6. The highest BCUT2D eigenvalue weighted by Gasteiger charge is 2.37. The topological polar surface area (TPSA) is 0 Å². The van der Waals surface area contributed by atoms with Crippen LogP contribution in [0.15, 0.2) is 109 Å². The molecule has 0 bridgehead atoms. The molecular formula is C42H40BrCl2N. The van der Waals surface area contributed by atoms with E-state index in [1.54, 1.807) is 0 Å². The van der Waals surface area contributed by atoms with Crippen molar-refractivity contribution in [1.82, 2.24) is 0 Å². The Kier molecular flexibility index (Phi) is 9.92. The summed E-state index contributed by atoms with van der Waals surface area (Å²) < 4.78 is 1.04. The van der Waals surface area contributed by atoms with Gasteiger partial charge in [0.15, 0.2) is 0 Å². The lowest BCUT2D eigenvalue weighted by Crippen LogP contribution is -3.00. The van der Waals surface area contributed by atoms with E-state index in [2.05, 4.69) is 111 Å². The van der Waals surface area contributed by atoms with Gasteiger partial charge < -0.3 is 21.5 Å². The standard InChI is InChI=1S/C42H40Cl2N.BrH/c1-3-5-21-45(22-6-4-2)27-39-37(29-15-11-17-33(43)23-29)25-31-13-7-9-19-35(31)41(39)42-36-20-10-8-14-32(36)26-38(40(42)28-45)30-16-12-18-34(44)24-30;/h7-20,23-26H,3-6,21-22,27-28H2,1-2H3;1H/q+1;/p-1. The molecule has 0 N–H and O–H groups in total. The molecule has 0 radical (unpaired) electrons. The van der Waals surface area contributed by atoms with E-state index in [9.17, 15) is 0 Å². The molecule has 0 aromatic heterocycles. The first-order valence-electron chi connectivity index (χ1n) is 16.5. The van der Waals surface area contributed by atoms with Gasteiger partial charge in [0.1, 0.15) is 13.1 Å². The molecule has 234 valence electrons. The second-order valence-corrected chi connectivity index (χ2v) is 13.7. The Morgan fingerprint density at radius 2 is 0.978 bits per heavy atom. The largest absolute Gasteiger partial charge is 1.00 e. The first kappa shape index (κ1) is 32.8. The SMILES string of the molecule is CCCC[N+]1(CCCC)Cc2c(-c3cccc(Cl)c3)cc3ccccc3c2-c2c(c(-c3cccc(Cl)c3)cc3ccccc23)C1.[Br-]. The monoisotopic (exact) mass is 707 g/mol. The van der Waals surface area contributed by atoms with Crippen LogP contribution >= 0.6 is 23.2 Å². The predicted octanol–water partition coefficient (Wildman–Crippen LogP) is 9.74. The number of rotatable bonds is 8. The summed E-state index contributed by atoms with van der Waals surface area (Å²) in [7, 11) is 0. The lowest BCUT2D eigenvalue weighted by molar-refractivity contribution is -0.953. The van der Waals surface area contributed by atoms with Crippen LogP contribution in [-0.4, -0.2) is 17.6 Å². The van der Waals surface area contributed by atoms with Gasteiger partial charge in [-0.05, 0) is 93.0 Å². The highest BCUT2D eigenvalue weighted by atomic mass is 79.9. The van der Waals surface area contributed by atoms with Crippen molar-refractivity contribution in [2.24, 2.45) is 0 Å². The van der Waals surface area contributed by atoms with E-state index in [0.717, 1.165) is 40.7 Å². The fourth-order valence-electron chi connectivity index (χ4n) is 7.65. The molecule has 4 heteroatoms. The number of nitrogens with zero attached hydrogens (tertiary/aromatic N) is 1. The third-order valence-electron chi connectivity index (χ3n) is 9.79. The first-order valence-corrected chi connectivity index (χ1v) is 17.2. The zero-order valence-electron chi connectivity index (χ0n) is 26.6. The second-order valence-electron chi connectivity index (χ2n) is 12.8. The van der Waals surface area contributed by atoms with Gasteiger partial charge in [0, 0.05) is 32.3 Å². The molecule has 0 fully saturated rings. The van der Waals surface area contributed by atoms with Gasteiger partial charge >= 0.3 is 0 Å². The number of hydrogen-bond donors (Lipinski definition) is 0. The van der Waals surface area contributed by atoms with Crippen LogP contribution in [-0.2, 0) is 13.1 Å². The molecule has 6 aromatic carbocycles. The molecule has 1 aliphatic heterocycles. The summed E-state index contributed by atoms with van der Waals surface area (Å²) in [6, 6.07) is 39.7. The van der Waals surface area contributed by atoms with E-state index in [-0.39, 0.29) is 17.0 Å². The highest BCUT2D eigenvalue weighted by molar-refractivity contribution is 6.31. The lowest BCUT2D eigenvalue weighted by atomic mass is 9.82. The Hall–Kier alpha value is -3.14. The van der Waals surface area contributed by atoms with Crippen molar-refractivity contribution in [2.45, 2.75) is 52.6 Å². The zero-order valence-corrected chi connectivity index (χ0v) is 29.7. The molecule has 0 unspecified atom stereocenters. The van der Waals surface area contributed by atoms with Crippen LogP contribution < -0.4 is 17.0 Å². The molecule has 1 nitrogen and oxygen atoms in total. The smallest absolute Gasteiger partial charge is 0.106 e. The zero-order chi connectivity index (χ0) is 31.0. The van der Waals surface area contributed by atoms with Crippen molar-refractivity contribution in [1.29, 1.82) is 0 Å². The molecule has 7 rings (SSSR count). The Labute approximate surface area is 294 Å². The number of unbranched alkanes of at least 4 members (excludes halogenated alkanes) is 2. The molecule has 0 aliphatic carbocycles. The third kappa shape index (κ3) is 6.14. The summed E-state index contributed by atoms with van der Waals surface area (Å²) >= 11 is 13.3. The molecule has 0 saturated carbocycles.